The average Bonchev–Trinajstić information content (AvgIpc) is 2.47. The van der Waals surface area contributed by atoms with Crippen molar-refractivity contribution in [2.45, 2.75) is 19.3 Å². The van der Waals surface area contributed by atoms with E-state index in [1.807, 2.05) is 6.07 Å². The molecule has 1 heterocycles. The zero-order valence-corrected chi connectivity index (χ0v) is 11.8. The van der Waals surface area contributed by atoms with Crippen molar-refractivity contribution in [3.05, 3.63) is 29.8 Å². The number of aliphatic hydroxyl groups is 2. The Morgan fingerprint density at radius 1 is 1.18 bits per heavy atom. The molecule has 114 valence electrons. The molecule has 0 amide bonds. The molecule has 0 aliphatic heterocycles. The number of benzene rings is 1. The number of nitrogens with zero attached hydrogens (tertiary/aromatic N) is 3. The van der Waals surface area contributed by atoms with Gasteiger partial charge in [0.15, 0.2) is 0 Å². The molecule has 2 aromatic rings. The summed E-state index contributed by atoms with van der Waals surface area (Å²) in [7, 11) is 0. The van der Waals surface area contributed by atoms with Gasteiger partial charge in [0, 0.05) is 0 Å². The van der Waals surface area contributed by atoms with Crippen LogP contribution in [0.15, 0.2) is 24.3 Å². The number of anilines is 2. The van der Waals surface area contributed by atoms with E-state index in [0.29, 0.717) is 16.7 Å². The molecule has 0 saturated heterocycles. The quantitative estimate of drug-likeness (QED) is 0.587. The Morgan fingerprint density at radius 2 is 1.82 bits per heavy atom. The van der Waals surface area contributed by atoms with Crippen molar-refractivity contribution in [3.63, 3.8) is 0 Å². The Hall–Kier alpha value is -2.89. The van der Waals surface area contributed by atoms with Gasteiger partial charge in [-0.05, 0) is 24.6 Å². The summed E-state index contributed by atoms with van der Waals surface area (Å²) >= 11 is 0. The van der Waals surface area contributed by atoms with Crippen molar-refractivity contribution >= 4 is 11.8 Å². The summed E-state index contributed by atoms with van der Waals surface area (Å²) < 4.78 is 5.21. The molecule has 0 saturated carbocycles. The fraction of sp³-hybridized carbons (Fsp3) is 0.214. The molecule has 1 unspecified atom stereocenters. The number of hydrogen-bond acceptors (Lipinski definition) is 8. The third kappa shape index (κ3) is 3.22. The van der Waals surface area contributed by atoms with Crippen molar-refractivity contribution in [3.8, 4) is 23.1 Å². The topological polar surface area (TPSA) is 151 Å². The van der Waals surface area contributed by atoms with Gasteiger partial charge < -0.3 is 26.4 Å². The van der Waals surface area contributed by atoms with Crippen LogP contribution in [0.25, 0.3) is 11.1 Å². The summed E-state index contributed by atoms with van der Waals surface area (Å²) in [5.41, 5.74) is 12.8. The Bertz CT molecular complexity index is 710. The van der Waals surface area contributed by atoms with Crippen LogP contribution < -0.4 is 16.2 Å². The Kier molecular flexibility index (Phi) is 4.41. The minimum Gasteiger partial charge on any atom is -0.444 e. The lowest BCUT2D eigenvalue weighted by Gasteiger charge is -2.18. The number of nitrogen functional groups attached to an aromatic ring is 2. The molecule has 1 aromatic heterocycles. The van der Waals surface area contributed by atoms with E-state index in [4.69, 9.17) is 21.5 Å². The molecular weight excluding hydrogens is 286 g/mol. The Balaban J connectivity index is 2.51. The van der Waals surface area contributed by atoms with Crippen molar-refractivity contribution in [1.82, 2.24) is 9.97 Å². The van der Waals surface area contributed by atoms with Gasteiger partial charge in [0.1, 0.15) is 11.9 Å². The standard InChI is InChI=1S/C14H15N5O3/c1-7(20)13(21)22-12-10(11(16)18-14(17)19-12)9-4-2-8(6-15)3-5-9/h2-5,7,13,20-21H,1H3,(H4,16,17,18,19)/t7?,13-/m1/s1. The lowest BCUT2D eigenvalue weighted by molar-refractivity contribution is -0.0976. The number of nitriles is 1. The minimum atomic E-state index is -1.49. The van der Waals surface area contributed by atoms with E-state index in [-0.39, 0.29) is 17.6 Å². The first-order chi connectivity index (χ1) is 10.4. The van der Waals surface area contributed by atoms with E-state index >= 15 is 0 Å². The van der Waals surface area contributed by atoms with Crippen LogP contribution in [0.3, 0.4) is 0 Å². The molecule has 0 bridgehead atoms. The van der Waals surface area contributed by atoms with Crippen molar-refractivity contribution < 1.29 is 14.9 Å². The van der Waals surface area contributed by atoms with Crippen molar-refractivity contribution in [1.29, 1.82) is 5.26 Å². The number of nitrogens with two attached hydrogens (primary N) is 2. The van der Waals surface area contributed by atoms with Gasteiger partial charge in [-0.1, -0.05) is 12.1 Å². The Morgan fingerprint density at radius 3 is 2.36 bits per heavy atom. The normalized spacial score (nSPS) is 13.2. The van der Waals surface area contributed by atoms with Crippen molar-refractivity contribution in [2.24, 2.45) is 0 Å². The highest BCUT2D eigenvalue weighted by Crippen LogP contribution is 2.34. The fourth-order valence-electron chi connectivity index (χ4n) is 1.75. The SMILES string of the molecule is CC(O)[C@H](O)Oc1nc(N)nc(N)c1-c1ccc(C#N)cc1. The first-order valence-corrected chi connectivity index (χ1v) is 6.38. The second-order valence-corrected chi connectivity index (χ2v) is 4.59. The summed E-state index contributed by atoms with van der Waals surface area (Å²) in [5.74, 6) is -0.115. The van der Waals surface area contributed by atoms with E-state index in [9.17, 15) is 10.2 Å². The van der Waals surface area contributed by atoms with E-state index in [2.05, 4.69) is 9.97 Å². The molecule has 0 radical (unpaired) electrons. The molecule has 22 heavy (non-hydrogen) atoms. The fourth-order valence-corrected chi connectivity index (χ4v) is 1.75. The van der Waals surface area contributed by atoms with Gasteiger partial charge in [-0.15, -0.1) is 0 Å². The largest absolute Gasteiger partial charge is 0.444 e. The number of aromatic nitrogens is 2. The third-order valence-corrected chi connectivity index (χ3v) is 2.87. The molecule has 0 aliphatic carbocycles. The maximum Gasteiger partial charge on any atom is 0.230 e. The molecule has 0 fully saturated rings. The smallest absolute Gasteiger partial charge is 0.230 e. The van der Waals surface area contributed by atoms with Crippen LogP contribution >= 0.6 is 0 Å². The van der Waals surface area contributed by atoms with Crippen LogP contribution in [0, 0.1) is 11.3 Å². The van der Waals surface area contributed by atoms with Crippen LogP contribution in [0.2, 0.25) is 0 Å². The number of ether oxygens (including phenoxy) is 1. The maximum absolute atomic E-state index is 9.66. The van der Waals surface area contributed by atoms with Gasteiger partial charge in [-0.3, -0.25) is 0 Å². The maximum atomic E-state index is 9.66. The zero-order chi connectivity index (χ0) is 16.3. The third-order valence-electron chi connectivity index (χ3n) is 2.87. The van der Waals surface area contributed by atoms with Crippen LogP contribution in [0.4, 0.5) is 11.8 Å². The van der Waals surface area contributed by atoms with Gasteiger partial charge in [0.05, 0.1) is 17.2 Å². The molecule has 2 rings (SSSR count). The van der Waals surface area contributed by atoms with Crippen LogP contribution in [-0.2, 0) is 0 Å². The van der Waals surface area contributed by atoms with Gasteiger partial charge in [0.25, 0.3) is 0 Å². The number of hydrogen-bond donors (Lipinski definition) is 4. The number of rotatable bonds is 4. The summed E-state index contributed by atoms with van der Waals surface area (Å²) in [6.07, 6.45) is -2.63. The van der Waals surface area contributed by atoms with Gasteiger partial charge in [-0.25, -0.2) is 0 Å². The molecule has 0 spiro atoms. The molecular formula is C14H15N5O3. The highest BCUT2D eigenvalue weighted by atomic mass is 16.6. The highest BCUT2D eigenvalue weighted by Gasteiger charge is 2.20. The van der Waals surface area contributed by atoms with E-state index in [1.54, 1.807) is 24.3 Å². The Labute approximate surface area is 126 Å². The molecule has 8 heteroatoms. The predicted octanol–water partition coefficient (Wildman–Crippen LogP) is 0.258. The minimum absolute atomic E-state index is 0.0527. The van der Waals surface area contributed by atoms with Gasteiger partial charge >= 0.3 is 0 Å². The predicted molar refractivity (Wildman–Crippen MR) is 79.3 cm³/mol. The lowest BCUT2D eigenvalue weighted by Crippen LogP contribution is -2.29. The highest BCUT2D eigenvalue weighted by molar-refractivity contribution is 5.79. The monoisotopic (exact) mass is 301 g/mol. The average molecular weight is 301 g/mol. The number of aliphatic hydroxyl groups excluding tert-OH is 2. The van der Waals surface area contributed by atoms with Gasteiger partial charge in [0.2, 0.25) is 18.1 Å². The summed E-state index contributed by atoms with van der Waals surface area (Å²) in [5, 5.41) is 27.8. The second-order valence-electron chi connectivity index (χ2n) is 4.59. The molecule has 6 N–H and O–H groups in total. The van der Waals surface area contributed by atoms with Crippen LogP contribution in [0.1, 0.15) is 12.5 Å². The first kappa shape index (κ1) is 15.5. The summed E-state index contributed by atoms with van der Waals surface area (Å²) in [6.45, 7) is 1.36. The molecule has 2 atom stereocenters. The molecule has 8 nitrogen and oxygen atoms in total. The molecule has 1 aromatic carbocycles. The van der Waals surface area contributed by atoms with E-state index < -0.39 is 12.4 Å². The van der Waals surface area contributed by atoms with Gasteiger partial charge in [-0.2, -0.15) is 15.2 Å². The lowest BCUT2D eigenvalue weighted by atomic mass is 10.1. The first-order valence-electron chi connectivity index (χ1n) is 6.38. The summed E-state index contributed by atoms with van der Waals surface area (Å²) in [4.78, 5) is 7.76. The van der Waals surface area contributed by atoms with Crippen molar-refractivity contribution in [2.75, 3.05) is 11.5 Å². The van der Waals surface area contributed by atoms with Crippen LogP contribution in [0.5, 0.6) is 5.88 Å². The van der Waals surface area contributed by atoms with E-state index in [1.165, 1.54) is 6.92 Å². The zero-order valence-electron chi connectivity index (χ0n) is 11.8. The summed E-state index contributed by atoms with van der Waals surface area (Å²) in [6, 6.07) is 8.49. The molecule has 0 aliphatic rings. The van der Waals surface area contributed by atoms with Crippen LogP contribution in [-0.4, -0.2) is 32.6 Å². The van der Waals surface area contributed by atoms with E-state index in [0.717, 1.165) is 0 Å². The second kappa shape index (κ2) is 6.26.